The number of para-hydroxylation sites is 2. The highest BCUT2D eigenvalue weighted by molar-refractivity contribution is 7.17. The highest BCUT2D eigenvalue weighted by Gasteiger charge is 2.28. The minimum Gasteiger partial charge on any atom is -0.496 e. The lowest BCUT2D eigenvalue weighted by Crippen LogP contribution is -2.19. The van der Waals surface area contributed by atoms with E-state index in [4.69, 9.17) is 15.5 Å². The number of hydrogen-bond donors (Lipinski definition) is 2. The smallest absolute Gasteiger partial charge is 0.257 e. The molecule has 0 bridgehead atoms. The SMILES string of the molecule is COc1ccccc1-c1cc(C(=O)Nc2sc3c(c2C(N)=O)CCC(C)C3)c2ccccc2n1. The van der Waals surface area contributed by atoms with Gasteiger partial charge in [0.2, 0.25) is 0 Å². The second-order valence-corrected chi connectivity index (χ2v) is 9.75. The zero-order valence-electron chi connectivity index (χ0n) is 19.1. The number of carbonyl (C=O) groups excluding carboxylic acids is 2. The Morgan fingerprint density at radius 1 is 1.15 bits per heavy atom. The molecule has 5 rings (SSSR count). The fourth-order valence-electron chi connectivity index (χ4n) is 4.63. The number of primary amides is 1. The zero-order chi connectivity index (χ0) is 23.8. The van der Waals surface area contributed by atoms with Gasteiger partial charge in [0.1, 0.15) is 10.8 Å². The van der Waals surface area contributed by atoms with Gasteiger partial charge < -0.3 is 15.8 Å². The van der Waals surface area contributed by atoms with Crippen molar-refractivity contribution in [2.75, 3.05) is 12.4 Å². The molecule has 0 fully saturated rings. The number of thiophene rings is 1. The average molecular weight is 472 g/mol. The van der Waals surface area contributed by atoms with Crippen LogP contribution < -0.4 is 15.8 Å². The summed E-state index contributed by atoms with van der Waals surface area (Å²) in [6.45, 7) is 2.20. The van der Waals surface area contributed by atoms with E-state index >= 15 is 0 Å². The van der Waals surface area contributed by atoms with Crippen LogP contribution in [0.3, 0.4) is 0 Å². The summed E-state index contributed by atoms with van der Waals surface area (Å²) in [4.78, 5) is 31.8. The quantitative estimate of drug-likeness (QED) is 0.405. The number of benzene rings is 2. The van der Waals surface area contributed by atoms with Gasteiger partial charge in [-0.3, -0.25) is 9.59 Å². The number of anilines is 1. The normalized spacial score (nSPS) is 15.1. The summed E-state index contributed by atoms with van der Waals surface area (Å²) < 4.78 is 5.51. The molecule has 7 heteroatoms. The molecule has 1 atom stereocenters. The van der Waals surface area contributed by atoms with Gasteiger partial charge in [0.15, 0.2) is 0 Å². The van der Waals surface area contributed by atoms with Crippen LogP contribution in [0.25, 0.3) is 22.2 Å². The Bertz CT molecular complexity index is 1430. The molecule has 1 aliphatic carbocycles. The lowest BCUT2D eigenvalue weighted by atomic mass is 9.88. The number of pyridine rings is 1. The molecule has 6 nitrogen and oxygen atoms in total. The fraction of sp³-hybridized carbons (Fsp3) is 0.222. The van der Waals surface area contributed by atoms with Crippen molar-refractivity contribution < 1.29 is 14.3 Å². The summed E-state index contributed by atoms with van der Waals surface area (Å²) in [5.41, 5.74) is 9.78. The number of nitrogens with two attached hydrogens (primary N) is 1. The highest BCUT2D eigenvalue weighted by Crippen LogP contribution is 2.40. The molecule has 4 aromatic rings. The number of aromatic nitrogens is 1. The fourth-order valence-corrected chi connectivity index (χ4v) is 6.04. The van der Waals surface area contributed by atoms with Crippen molar-refractivity contribution in [3.8, 4) is 17.0 Å². The molecule has 1 aliphatic rings. The molecule has 172 valence electrons. The number of carbonyl (C=O) groups is 2. The van der Waals surface area contributed by atoms with Crippen molar-refractivity contribution in [2.24, 2.45) is 11.7 Å². The first-order valence-electron chi connectivity index (χ1n) is 11.2. The predicted molar refractivity (Wildman–Crippen MR) is 136 cm³/mol. The second-order valence-electron chi connectivity index (χ2n) is 8.65. The summed E-state index contributed by atoms with van der Waals surface area (Å²) in [7, 11) is 1.61. The van der Waals surface area contributed by atoms with Crippen molar-refractivity contribution in [1.82, 2.24) is 4.98 Å². The lowest BCUT2D eigenvalue weighted by Gasteiger charge is -2.18. The number of methoxy groups -OCH3 is 1. The number of ether oxygens (including phenoxy) is 1. The Balaban J connectivity index is 1.60. The molecule has 1 unspecified atom stereocenters. The van der Waals surface area contributed by atoms with Gasteiger partial charge >= 0.3 is 0 Å². The van der Waals surface area contributed by atoms with Crippen molar-refractivity contribution in [2.45, 2.75) is 26.2 Å². The van der Waals surface area contributed by atoms with Gasteiger partial charge in [0.05, 0.1) is 29.4 Å². The summed E-state index contributed by atoms with van der Waals surface area (Å²) >= 11 is 1.46. The Morgan fingerprint density at radius 3 is 2.71 bits per heavy atom. The van der Waals surface area contributed by atoms with E-state index in [-0.39, 0.29) is 5.91 Å². The monoisotopic (exact) mass is 471 g/mol. The van der Waals surface area contributed by atoms with Crippen LogP contribution >= 0.6 is 11.3 Å². The van der Waals surface area contributed by atoms with E-state index < -0.39 is 5.91 Å². The van der Waals surface area contributed by atoms with Crippen molar-refractivity contribution in [3.05, 3.63) is 76.2 Å². The van der Waals surface area contributed by atoms with Crippen LogP contribution in [0.1, 0.15) is 44.5 Å². The minimum atomic E-state index is -0.503. The van der Waals surface area contributed by atoms with Crippen LogP contribution in [0.4, 0.5) is 5.00 Å². The number of fused-ring (bicyclic) bond motifs is 2. The van der Waals surface area contributed by atoms with Crippen LogP contribution in [0, 0.1) is 5.92 Å². The number of rotatable bonds is 5. The topological polar surface area (TPSA) is 94.3 Å². The third kappa shape index (κ3) is 3.92. The third-order valence-corrected chi connectivity index (χ3v) is 7.50. The predicted octanol–water partition coefficient (Wildman–Crippen LogP) is 5.45. The Labute approximate surface area is 201 Å². The molecular weight excluding hydrogens is 446 g/mol. The Kier molecular flexibility index (Phi) is 5.79. The second kappa shape index (κ2) is 8.91. The molecule has 2 aromatic heterocycles. The van der Waals surface area contributed by atoms with E-state index in [9.17, 15) is 9.59 Å². The first-order chi connectivity index (χ1) is 16.5. The molecule has 34 heavy (non-hydrogen) atoms. The first-order valence-corrected chi connectivity index (χ1v) is 12.1. The number of amides is 2. The van der Waals surface area contributed by atoms with E-state index in [1.54, 1.807) is 13.2 Å². The van der Waals surface area contributed by atoms with E-state index in [1.165, 1.54) is 11.3 Å². The molecule has 2 heterocycles. The molecule has 0 spiro atoms. The van der Waals surface area contributed by atoms with E-state index in [2.05, 4.69) is 12.2 Å². The number of hydrogen-bond acceptors (Lipinski definition) is 5. The van der Waals surface area contributed by atoms with Crippen molar-refractivity contribution >= 4 is 39.1 Å². The zero-order valence-corrected chi connectivity index (χ0v) is 19.9. The van der Waals surface area contributed by atoms with Gasteiger partial charge in [-0.2, -0.15) is 0 Å². The summed E-state index contributed by atoms with van der Waals surface area (Å²) in [6.07, 6.45) is 2.71. The van der Waals surface area contributed by atoms with Gasteiger partial charge in [0.25, 0.3) is 11.8 Å². The highest BCUT2D eigenvalue weighted by atomic mass is 32.1. The van der Waals surface area contributed by atoms with Gasteiger partial charge in [-0.05, 0) is 55.0 Å². The summed E-state index contributed by atoms with van der Waals surface area (Å²) in [5, 5.41) is 4.25. The third-order valence-electron chi connectivity index (χ3n) is 6.33. The van der Waals surface area contributed by atoms with Crippen LogP contribution in [0.2, 0.25) is 0 Å². The molecule has 2 aromatic carbocycles. The van der Waals surface area contributed by atoms with Crippen molar-refractivity contribution in [3.63, 3.8) is 0 Å². The van der Waals surface area contributed by atoms with Gasteiger partial charge in [-0.15, -0.1) is 11.3 Å². The average Bonchev–Trinajstić information content (AvgIpc) is 3.20. The summed E-state index contributed by atoms with van der Waals surface area (Å²) in [5.74, 6) is 0.413. The molecule has 0 aliphatic heterocycles. The van der Waals surface area contributed by atoms with E-state index in [1.807, 2.05) is 48.5 Å². The Morgan fingerprint density at radius 2 is 1.91 bits per heavy atom. The maximum Gasteiger partial charge on any atom is 0.257 e. The van der Waals surface area contributed by atoms with E-state index in [0.717, 1.165) is 40.7 Å². The first kappa shape index (κ1) is 22.1. The van der Waals surface area contributed by atoms with Crippen LogP contribution in [-0.4, -0.2) is 23.9 Å². The molecular formula is C27H25N3O3S. The minimum absolute atomic E-state index is 0.302. The Hall–Kier alpha value is -3.71. The largest absolute Gasteiger partial charge is 0.496 e. The molecule has 0 saturated heterocycles. The van der Waals surface area contributed by atoms with Crippen LogP contribution in [0.5, 0.6) is 5.75 Å². The van der Waals surface area contributed by atoms with E-state index in [0.29, 0.717) is 39.0 Å². The van der Waals surface area contributed by atoms with Crippen LogP contribution in [0.15, 0.2) is 54.6 Å². The van der Waals surface area contributed by atoms with Gasteiger partial charge in [0, 0.05) is 15.8 Å². The number of nitrogens with one attached hydrogen (secondary N) is 1. The van der Waals surface area contributed by atoms with Crippen molar-refractivity contribution in [1.29, 1.82) is 0 Å². The molecule has 0 saturated carbocycles. The molecule has 2 amide bonds. The van der Waals surface area contributed by atoms with Gasteiger partial charge in [-0.25, -0.2) is 4.98 Å². The lowest BCUT2D eigenvalue weighted by molar-refractivity contribution is 0.1000. The standard InChI is InChI=1S/C27H25N3O3S/c1-15-11-12-18-23(13-15)34-27(24(18)25(28)31)30-26(32)19-14-21(17-8-4-6-10-22(17)33-2)29-20-9-5-3-7-16(19)20/h3-10,14-15H,11-13H2,1-2H3,(H2,28,31)(H,30,32). The summed E-state index contributed by atoms with van der Waals surface area (Å²) in [6, 6.07) is 16.9. The van der Waals surface area contributed by atoms with Crippen LogP contribution in [-0.2, 0) is 12.8 Å². The molecule has 3 N–H and O–H groups in total. The maximum absolute atomic E-state index is 13.6. The maximum atomic E-state index is 13.6. The molecule has 0 radical (unpaired) electrons. The number of nitrogens with zero attached hydrogens (tertiary/aromatic N) is 1. The van der Waals surface area contributed by atoms with Gasteiger partial charge in [-0.1, -0.05) is 37.3 Å².